The second kappa shape index (κ2) is 14.1. The fourth-order valence-electron chi connectivity index (χ4n) is 5.34. The Kier molecular flexibility index (Phi) is 11.9. The van der Waals surface area contributed by atoms with Gasteiger partial charge in [0.25, 0.3) is 0 Å². The summed E-state index contributed by atoms with van der Waals surface area (Å²) in [5, 5.41) is 3.12. The highest BCUT2D eigenvalue weighted by Gasteiger charge is 2.45. The Balaban J connectivity index is 0.00000294. The van der Waals surface area contributed by atoms with Gasteiger partial charge in [0, 0.05) is 31.4 Å². The summed E-state index contributed by atoms with van der Waals surface area (Å²) in [6, 6.07) is 8.93. The summed E-state index contributed by atoms with van der Waals surface area (Å²) in [6.45, 7) is 0.565. The number of halogens is 8. The van der Waals surface area contributed by atoms with Crippen LogP contribution in [0, 0.1) is 0 Å². The molecule has 0 spiro atoms. The standard InChI is InChI=1S/C27H30F6N4O2.2ClH/c1-35-13-5-8-20(16-35)36(15-19-6-2-3-9-22(19)26(28,29)30)24(38)17-37(25(39)27(31,32)33)23-10-4-7-18-14-34-12-11-21(18)23;;/h2-4,6-7,9-10,20,34H,5,8,11-17H2,1H3;2*1H. The molecule has 228 valence electrons. The number of likely N-dealkylation sites (N-methyl/N-ethyl adjacent to an activating group) is 1. The quantitative estimate of drug-likeness (QED) is 0.446. The SMILES string of the molecule is CN1CCCC(N(Cc2ccccc2C(F)(F)F)C(=O)CN(C(=O)C(F)(F)F)c2cccc3c2CCNC3)C1.Cl.Cl. The van der Waals surface area contributed by atoms with Crippen molar-refractivity contribution in [2.75, 3.05) is 38.1 Å². The number of amides is 2. The molecule has 0 bridgehead atoms. The fourth-order valence-corrected chi connectivity index (χ4v) is 5.34. The van der Waals surface area contributed by atoms with Crippen LogP contribution in [0.5, 0.6) is 0 Å². The van der Waals surface area contributed by atoms with Gasteiger partial charge in [0.1, 0.15) is 6.54 Å². The van der Waals surface area contributed by atoms with Gasteiger partial charge in [0.05, 0.1) is 5.56 Å². The van der Waals surface area contributed by atoms with E-state index in [0.717, 1.165) is 18.2 Å². The normalized spacial score (nSPS) is 17.5. The molecule has 1 fully saturated rings. The largest absolute Gasteiger partial charge is 0.471 e. The zero-order valence-electron chi connectivity index (χ0n) is 22.2. The lowest BCUT2D eigenvalue weighted by Gasteiger charge is -2.39. The van der Waals surface area contributed by atoms with Crippen LogP contribution < -0.4 is 10.2 Å². The van der Waals surface area contributed by atoms with Gasteiger partial charge in [-0.2, -0.15) is 26.3 Å². The van der Waals surface area contributed by atoms with Crippen molar-refractivity contribution in [2.24, 2.45) is 0 Å². The third-order valence-electron chi connectivity index (χ3n) is 7.21. The number of carbonyl (C=O) groups excluding carboxylic acids is 2. The number of nitrogens with zero attached hydrogens (tertiary/aromatic N) is 3. The second-order valence-electron chi connectivity index (χ2n) is 9.97. The zero-order chi connectivity index (χ0) is 28.4. The Morgan fingerprint density at radius 3 is 2.39 bits per heavy atom. The first-order valence-electron chi connectivity index (χ1n) is 12.7. The lowest BCUT2D eigenvalue weighted by molar-refractivity contribution is -0.170. The molecule has 1 unspecified atom stereocenters. The van der Waals surface area contributed by atoms with Gasteiger partial charge in [-0.3, -0.25) is 14.5 Å². The first kappa shape index (κ1) is 34.7. The molecular weight excluding hydrogens is 597 g/mol. The maximum Gasteiger partial charge on any atom is 0.471 e. The van der Waals surface area contributed by atoms with Gasteiger partial charge in [-0.05, 0) is 68.2 Å². The predicted octanol–water partition coefficient (Wildman–Crippen LogP) is 5.21. The van der Waals surface area contributed by atoms with E-state index in [-0.39, 0.29) is 36.1 Å². The molecule has 2 amide bonds. The molecule has 0 aliphatic carbocycles. The second-order valence-corrected chi connectivity index (χ2v) is 9.97. The van der Waals surface area contributed by atoms with Gasteiger partial charge in [0.2, 0.25) is 5.91 Å². The van der Waals surface area contributed by atoms with Crippen LogP contribution >= 0.6 is 24.8 Å². The summed E-state index contributed by atoms with van der Waals surface area (Å²) >= 11 is 0. The summed E-state index contributed by atoms with van der Waals surface area (Å²) in [6.07, 6.45) is -8.43. The molecule has 2 aliphatic heterocycles. The number of carbonyl (C=O) groups is 2. The Hall–Kier alpha value is -2.54. The third kappa shape index (κ3) is 8.27. The monoisotopic (exact) mass is 628 g/mol. The van der Waals surface area contributed by atoms with Crippen LogP contribution in [0.4, 0.5) is 32.0 Å². The van der Waals surface area contributed by atoms with E-state index >= 15 is 0 Å². The third-order valence-corrected chi connectivity index (χ3v) is 7.21. The van der Waals surface area contributed by atoms with Crippen molar-refractivity contribution in [1.29, 1.82) is 0 Å². The summed E-state index contributed by atoms with van der Waals surface area (Å²) in [4.78, 5) is 29.9. The molecule has 2 aromatic rings. The molecular formula is C27H32Cl2F6N4O2. The summed E-state index contributed by atoms with van der Waals surface area (Å²) < 4.78 is 82.5. The van der Waals surface area contributed by atoms with E-state index in [9.17, 15) is 35.9 Å². The molecule has 0 radical (unpaired) electrons. The molecule has 0 aromatic heterocycles. The van der Waals surface area contributed by atoms with E-state index in [1.54, 1.807) is 6.07 Å². The lowest BCUT2D eigenvalue weighted by atomic mass is 9.98. The molecule has 1 saturated heterocycles. The van der Waals surface area contributed by atoms with Crippen LogP contribution in [0.25, 0.3) is 0 Å². The average molecular weight is 629 g/mol. The van der Waals surface area contributed by atoms with E-state index in [2.05, 4.69) is 5.32 Å². The average Bonchev–Trinajstić information content (AvgIpc) is 2.88. The predicted molar refractivity (Wildman–Crippen MR) is 147 cm³/mol. The van der Waals surface area contributed by atoms with E-state index in [1.165, 1.54) is 35.2 Å². The van der Waals surface area contributed by atoms with E-state index < -0.39 is 48.9 Å². The number of rotatable bonds is 6. The fraction of sp³-hybridized carbons (Fsp3) is 0.481. The number of fused-ring (bicyclic) bond motifs is 1. The molecule has 0 saturated carbocycles. The van der Waals surface area contributed by atoms with Crippen LogP contribution in [0.1, 0.15) is 35.1 Å². The van der Waals surface area contributed by atoms with Gasteiger partial charge >= 0.3 is 18.3 Å². The molecule has 2 heterocycles. The first-order chi connectivity index (χ1) is 18.4. The molecule has 6 nitrogen and oxygen atoms in total. The molecule has 1 N–H and O–H groups in total. The van der Waals surface area contributed by atoms with Gasteiger partial charge in [0.15, 0.2) is 0 Å². The lowest BCUT2D eigenvalue weighted by Crippen LogP contribution is -2.53. The molecule has 1 atom stereocenters. The van der Waals surface area contributed by atoms with Crippen molar-refractivity contribution in [1.82, 2.24) is 15.1 Å². The van der Waals surface area contributed by atoms with Crippen LogP contribution in [-0.4, -0.2) is 67.1 Å². The van der Waals surface area contributed by atoms with Crippen molar-refractivity contribution in [2.45, 2.75) is 50.7 Å². The van der Waals surface area contributed by atoms with Crippen molar-refractivity contribution in [3.05, 3.63) is 64.7 Å². The maximum absolute atomic E-state index is 13.8. The Morgan fingerprint density at radius 1 is 1.02 bits per heavy atom. The minimum absolute atomic E-state index is 0. The van der Waals surface area contributed by atoms with Gasteiger partial charge < -0.3 is 15.1 Å². The van der Waals surface area contributed by atoms with E-state index in [1.807, 2.05) is 11.9 Å². The highest BCUT2D eigenvalue weighted by Crippen LogP contribution is 2.34. The van der Waals surface area contributed by atoms with Crippen LogP contribution in [0.3, 0.4) is 0 Å². The van der Waals surface area contributed by atoms with Crippen molar-refractivity contribution in [3.63, 3.8) is 0 Å². The Labute approximate surface area is 246 Å². The topological polar surface area (TPSA) is 55.9 Å². The summed E-state index contributed by atoms with van der Waals surface area (Å²) in [5.41, 5.74) is 0.161. The smallest absolute Gasteiger partial charge is 0.333 e. The molecule has 14 heteroatoms. The number of hydrogen-bond donors (Lipinski definition) is 1. The van der Waals surface area contributed by atoms with Gasteiger partial charge in [-0.1, -0.05) is 30.3 Å². The highest BCUT2D eigenvalue weighted by atomic mass is 35.5. The molecule has 41 heavy (non-hydrogen) atoms. The Morgan fingerprint density at radius 2 is 1.73 bits per heavy atom. The number of anilines is 1. The van der Waals surface area contributed by atoms with Crippen LogP contribution in [-0.2, 0) is 35.3 Å². The van der Waals surface area contributed by atoms with Gasteiger partial charge in [-0.25, -0.2) is 0 Å². The Bertz CT molecular complexity index is 1210. The van der Waals surface area contributed by atoms with Crippen LogP contribution in [0.2, 0.25) is 0 Å². The number of nitrogens with one attached hydrogen (secondary N) is 1. The summed E-state index contributed by atoms with van der Waals surface area (Å²) in [5.74, 6) is -3.05. The van der Waals surface area contributed by atoms with Crippen LogP contribution in [0.15, 0.2) is 42.5 Å². The van der Waals surface area contributed by atoms with Crippen molar-refractivity contribution >= 4 is 42.3 Å². The number of hydrogen-bond acceptors (Lipinski definition) is 4. The number of benzene rings is 2. The minimum atomic E-state index is -5.26. The number of alkyl halides is 6. The molecule has 2 aromatic carbocycles. The molecule has 2 aliphatic rings. The van der Waals surface area contributed by atoms with Crippen molar-refractivity contribution in [3.8, 4) is 0 Å². The molecule has 4 rings (SSSR count). The first-order valence-corrected chi connectivity index (χ1v) is 12.7. The van der Waals surface area contributed by atoms with E-state index in [0.29, 0.717) is 49.4 Å². The number of piperidine rings is 1. The zero-order valence-corrected chi connectivity index (χ0v) is 23.9. The van der Waals surface area contributed by atoms with Crippen molar-refractivity contribution < 1.29 is 35.9 Å². The highest BCUT2D eigenvalue weighted by molar-refractivity contribution is 6.02. The minimum Gasteiger partial charge on any atom is -0.333 e. The maximum atomic E-state index is 13.8. The van der Waals surface area contributed by atoms with Gasteiger partial charge in [-0.15, -0.1) is 24.8 Å². The number of likely N-dealkylation sites (tertiary alicyclic amines) is 1. The summed E-state index contributed by atoms with van der Waals surface area (Å²) in [7, 11) is 1.81. The van der Waals surface area contributed by atoms with E-state index in [4.69, 9.17) is 0 Å².